The van der Waals surface area contributed by atoms with Crippen molar-refractivity contribution in [2.45, 2.75) is 6.92 Å². The van der Waals surface area contributed by atoms with Gasteiger partial charge in [0.05, 0.1) is 0 Å². The molecule has 0 aliphatic carbocycles. The van der Waals surface area contributed by atoms with E-state index in [0.717, 1.165) is 6.08 Å². The van der Waals surface area contributed by atoms with E-state index in [1.165, 1.54) is 6.08 Å². The van der Waals surface area contributed by atoms with Crippen LogP contribution < -0.4 is 0 Å². The molecule has 12 heavy (non-hydrogen) atoms. The summed E-state index contributed by atoms with van der Waals surface area (Å²) in [5.41, 5.74) is 0. The number of carboxylic acid groups (broad SMARTS) is 1. The summed E-state index contributed by atoms with van der Waals surface area (Å²) in [6.07, 6.45) is 6.06. The first-order chi connectivity index (χ1) is 5.77. The van der Waals surface area contributed by atoms with Gasteiger partial charge in [0.25, 0.3) is 0 Å². The van der Waals surface area contributed by atoms with Crippen LogP contribution >= 0.6 is 0 Å². The molecule has 0 aliphatic rings. The fourth-order valence-electron chi connectivity index (χ4n) is 0.455. The van der Waals surface area contributed by atoms with Crippen molar-refractivity contribution < 1.29 is 9.90 Å². The van der Waals surface area contributed by atoms with Gasteiger partial charge in [-0.25, -0.2) is 4.79 Å². The van der Waals surface area contributed by atoms with Crippen LogP contribution in [-0.2, 0) is 4.79 Å². The van der Waals surface area contributed by atoms with E-state index in [1.54, 1.807) is 19.3 Å². The number of carboxylic acids is 1. The molecule has 64 valence electrons. The maximum absolute atomic E-state index is 9.51. The van der Waals surface area contributed by atoms with Crippen LogP contribution in [0.25, 0.3) is 0 Å². The molecule has 1 heterocycles. The first-order valence-electron chi connectivity index (χ1n) is 3.48. The Bertz CT molecular complexity index is 205. The Morgan fingerprint density at radius 3 is 2.00 bits per heavy atom. The molecule has 3 heteroatoms. The van der Waals surface area contributed by atoms with Crippen LogP contribution in [0.1, 0.15) is 6.92 Å². The summed E-state index contributed by atoms with van der Waals surface area (Å²) in [7, 11) is 0. The van der Waals surface area contributed by atoms with E-state index in [2.05, 4.69) is 4.98 Å². The zero-order valence-electron chi connectivity index (χ0n) is 6.84. The SMILES string of the molecule is CC=CC(=O)O.c1ccncc1. The summed E-state index contributed by atoms with van der Waals surface area (Å²) in [5, 5.41) is 7.83. The Morgan fingerprint density at radius 2 is 1.92 bits per heavy atom. The van der Waals surface area contributed by atoms with Gasteiger partial charge in [0.1, 0.15) is 0 Å². The molecule has 0 atom stereocenters. The molecule has 0 aliphatic heterocycles. The number of hydrogen-bond acceptors (Lipinski definition) is 2. The summed E-state index contributed by atoms with van der Waals surface area (Å²) in [4.78, 5) is 13.3. The number of allylic oxidation sites excluding steroid dienone is 1. The summed E-state index contributed by atoms with van der Waals surface area (Å²) in [5.74, 6) is -0.891. The van der Waals surface area contributed by atoms with Gasteiger partial charge in [-0.15, -0.1) is 0 Å². The van der Waals surface area contributed by atoms with Gasteiger partial charge >= 0.3 is 5.97 Å². The molecular weight excluding hydrogens is 154 g/mol. The lowest BCUT2D eigenvalue weighted by atomic mass is 10.5. The van der Waals surface area contributed by atoms with Gasteiger partial charge in [0.2, 0.25) is 0 Å². The quantitative estimate of drug-likeness (QED) is 0.644. The van der Waals surface area contributed by atoms with Crippen molar-refractivity contribution in [1.29, 1.82) is 0 Å². The Balaban J connectivity index is 0.000000202. The average molecular weight is 165 g/mol. The van der Waals surface area contributed by atoms with E-state index in [1.807, 2.05) is 18.2 Å². The van der Waals surface area contributed by atoms with Crippen LogP contribution in [0.15, 0.2) is 42.7 Å². The number of nitrogens with zero attached hydrogens (tertiary/aromatic N) is 1. The van der Waals surface area contributed by atoms with Crippen molar-refractivity contribution in [2.24, 2.45) is 0 Å². The summed E-state index contributed by atoms with van der Waals surface area (Å²) >= 11 is 0. The number of pyridine rings is 1. The highest BCUT2D eigenvalue weighted by molar-refractivity contribution is 5.79. The maximum atomic E-state index is 9.51. The van der Waals surface area contributed by atoms with Crippen molar-refractivity contribution in [3.05, 3.63) is 42.7 Å². The van der Waals surface area contributed by atoms with Crippen LogP contribution in [0.2, 0.25) is 0 Å². The van der Waals surface area contributed by atoms with E-state index < -0.39 is 5.97 Å². The molecule has 0 saturated heterocycles. The average Bonchev–Trinajstić information content (AvgIpc) is 2.08. The van der Waals surface area contributed by atoms with Crippen LogP contribution in [0, 0.1) is 0 Å². The molecule has 1 aromatic heterocycles. The second-order valence-corrected chi connectivity index (χ2v) is 1.86. The van der Waals surface area contributed by atoms with Crippen LogP contribution in [-0.4, -0.2) is 16.1 Å². The fourth-order valence-corrected chi connectivity index (χ4v) is 0.455. The van der Waals surface area contributed by atoms with E-state index in [9.17, 15) is 4.79 Å². The molecule has 0 amide bonds. The number of carbonyl (C=O) groups is 1. The van der Waals surface area contributed by atoms with Crippen LogP contribution in [0.3, 0.4) is 0 Å². The predicted molar refractivity (Wildman–Crippen MR) is 46.7 cm³/mol. The number of rotatable bonds is 1. The first-order valence-corrected chi connectivity index (χ1v) is 3.48. The molecule has 1 aromatic rings. The van der Waals surface area contributed by atoms with Crippen LogP contribution in [0.4, 0.5) is 0 Å². The van der Waals surface area contributed by atoms with Gasteiger partial charge in [0, 0.05) is 18.5 Å². The Morgan fingerprint density at radius 1 is 1.33 bits per heavy atom. The third-order valence-corrected chi connectivity index (χ3v) is 0.876. The Labute approximate surface area is 71.4 Å². The molecule has 1 N–H and O–H groups in total. The molecular formula is C9H11NO2. The maximum Gasteiger partial charge on any atom is 0.327 e. The third-order valence-electron chi connectivity index (χ3n) is 0.876. The second-order valence-electron chi connectivity index (χ2n) is 1.86. The predicted octanol–water partition coefficient (Wildman–Crippen LogP) is 1.73. The highest BCUT2D eigenvalue weighted by Gasteiger charge is 1.76. The lowest BCUT2D eigenvalue weighted by molar-refractivity contribution is -0.131. The molecule has 0 unspecified atom stereocenters. The molecule has 0 spiro atoms. The Kier molecular flexibility index (Phi) is 6.45. The highest BCUT2D eigenvalue weighted by Crippen LogP contribution is 1.73. The Hall–Kier alpha value is -1.64. The van der Waals surface area contributed by atoms with Gasteiger partial charge in [-0.3, -0.25) is 4.98 Å². The normalized spacial score (nSPS) is 8.75. The summed E-state index contributed by atoms with van der Waals surface area (Å²) < 4.78 is 0. The smallest absolute Gasteiger partial charge is 0.327 e. The largest absolute Gasteiger partial charge is 0.478 e. The number of hydrogen-bond donors (Lipinski definition) is 1. The van der Waals surface area contributed by atoms with Gasteiger partial charge in [-0.2, -0.15) is 0 Å². The molecule has 0 radical (unpaired) electrons. The van der Waals surface area contributed by atoms with Gasteiger partial charge < -0.3 is 5.11 Å². The van der Waals surface area contributed by atoms with E-state index in [-0.39, 0.29) is 0 Å². The zero-order valence-corrected chi connectivity index (χ0v) is 6.84. The van der Waals surface area contributed by atoms with Crippen molar-refractivity contribution >= 4 is 5.97 Å². The molecule has 1 rings (SSSR count). The fraction of sp³-hybridized carbons (Fsp3) is 0.111. The van der Waals surface area contributed by atoms with E-state index in [4.69, 9.17) is 5.11 Å². The molecule has 0 bridgehead atoms. The first kappa shape index (κ1) is 10.4. The van der Waals surface area contributed by atoms with Crippen LogP contribution in [0.5, 0.6) is 0 Å². The van der Waals surface area contributed by atoms with E-state index in [0.29, 0.717) is 0 Å². The monoisotopic (exact) mass is 165 g/mol. The lowest BCUT2D eigenvalue weighted by Gasteiger charge is -1.70. The molecule has 0 fully saturated rings. The topological polar surface area (TPSA) is 50.2 Å². The van der Waals surface area contributed by atoms with Crippen molar-refractivity contribution in [3.63, 3.8) is 0 Å². The minimum absolute atomic E-state index is 0.891. The van der Waals surface area contributed by atoms with Crippen molar-refractivity contribution in [1.82, 2.24) is 4.98 Å². The van der Waals surface area contributed by atoms with Gasteiger partial charge in [-0.05, 0) is 19.1 Å². The minimum Gasteiger partial charge on any atom is -0.478 e. The van der Waals surface area contributed by atoms with Gasteiger partial charge in [-0.1, -0.05) is 12.1 Å². The summed E-state index contributed by atoms with van der Waals surface area (Å²) in [6.45, 7) is 1.66. The highest BCUT2D eigenvalue weighted by atomic mass is 16.4. The van der Waals surface area contributed by atoms with Crippen molar-refractivity contribution in [2.75, 3.05) is 0 Å². The molecule has 3 nitrogen and oxygen atoms in total. The molecule has 0 aromatic carbocycles. The minimum atomic E-state index is -0.891. The number of aromatic nitrogens is 1. The lowest BCUT2D eigenvalue weighted by Crippen LogP contribution is -1.83. The third kappa shape index (κ3) is 8.36. The molecule has 0 saturated carbocycles. The standard InChI is InChI=1S/C5H5N.C4H6O2/c1-2-4-6-5-3-1;1-2-3-4(5)6/h1-5H;2-3H,1H3,(H,5,6). The summed E-state index contributed by atoms with van der Waals surface area (Å²) in [6, 6.07) is 5.72. The van der Waals surface area contributed by atoms with E-state index >= 15 is 0 Å². The second kappa shape index (κ2) is 7.47. The van der Waals surface area contributed by atoms with Gasteiger partial charge in [0.15, 0.2) is 0 Å². The number of aliphatic carboxylic acids is 1. The van der Waals surface area contributed by atoms with Crippen molar-refractivity contribution in [3.8, 4) is 0 Å². The zero-order chi connectivity index (χ0) is 9.23.